The van der Waals surface area contributed by atoms with Crippen LogP contribution in [0, 0.1) is 34.0 Å². The summed E-state index contributed by atoms with van der Waals surface area (Å²) in [5, 5.41) is 33.3. The maximum absolute atomic E-state index is 13.9. The van der Waals surface area contributed by atoms with Gasteiger partial charge in [0.1, 0.15) is 13.2 Å². The fourth-order valence-electron chi connectivity index (χ4n) is 12.3. The molecular formula is C82H50N8O4. The summed E-state index contributed by atoms with van der Waals surface area (Å²) in [5.41, 5.74) is 16.0. The first kappa shape index (κ1) is 57.1. The second-order valence-corrected chi connectivity index (χ2v) is 22.7. The average Bonchev–Trinajstić information content (AvgIpc) is 1.56. The molecule has 12 aromatic carbocycles. The molecule has 15 rings (SSSR count). The number of fused-ring (bicyclic) bond motifs is 6. The highest BCUT2D eigenvalue weighted by Crippen LogP contribution is 2.42. The molecule has 0 aliphatic heterocycles. The highest BCUT2D eigenvalue weighted by atomic mass is 16.5. The molecule has 0 aliphatic rings. The molecule has 94 heavy (non-hydrogen) atoms. The van der Waals surface area contributed by atoms with Crippen molar-refractivity contribution in [1.82, 2.24) is 24.1 Å². The predicted octanol–water partition coefficient (Wildman–Crippen LogP) is 18.4. The Kier molecular flexibility index (Phi) is 14.9. The lowest BCUT2D eigenvalue weighted by Crippen LogP contribution is -2.06. The normalized spacial score (nSPS) is 11.1. The Balaban J connectivity index is 0.961. The molecule has 0 radical (unpaired) electrons. The lowest BCUT2D eigenvalue weighted by Gasteiger charge is -2.18. The summed E-state index contributed by atoms with van der Waals surface area (Å²) in [6.07, 6.45) is 0. The van der Waals surface area contributed by atoms with Gasteiger partial charge in [-0.1, -0.05) is 170 Å². The first-order valence-corrected chi connectivity index (χ1v) is 30.4. The van der Waals surface area contributed by atoms with Gasteiger partial charge in [-0.25, -0.2) is 24.5 Å². The molecule has 0 N–H and O–H groups in total. The second kappa shape index (κ2) is 24.6. The summed E-state index contributed by atoms with van der Waals surface area (Å²) in [4.78, 5) is 44.3. The number of para-hydroxylation sites is 2. The van der Waals surface area contributed by atoms with Crippen LogP contribution in [0.2, 0.25) is 0 Å². The number of hydrogen-bond acceptors (Lipinski definition) is 10. The maximum Gasteiger partial charge on any atom is 0.338 e. The number of hydrogen-bond donors (Lipinski definition) is 0. The lowest BCUT2D eigenvalue weighted by molar-refractivity contribution is 0.0464. The second-order valence-electron chi connectivity index (χ2n) is 22.7. The van der Waals surface area contributed by atoms with Crippen molar-refractivity contribution in [2.75, 3.05) is 0 Å². The number of esters is 2. The van der Waals surface area contributed by atoms with Crippen LogP contribution in [-0.2, 0) is 22.7 Å². The average molecular weight is 1210 g/mol. The van der Waals surface area contributed by atoms with Crippen LogP contribution in [0.1, 0.15) is 48.5 Å². The van der Waals surface area contributed by atoms with Crippen molar-refractivity contribution in [1.29, 1.82) is 15.8 Å². The summed E-state index contributed by atoms with van der Waals surface area (Å²) < 4.78 is 16.1. The molecule has 0 saturated carbocycles. The van der Waals surface area contributed by atoms with Gasteiger partial charge in [-0.05, 0) is 154 Å². The number of carbonyl (C=O) groups is 2. The van der Waals surface area contributed by atoms with Crippen LogP contribution in [0.25, 0.3) is 123 Å². The molecule has 0 atom stereocenters. The summed E-state index contributed by atoms with van der Waals surface area (Å²) in [6.45, 7) is 0.240. The number of nitrogens with zero attached hydrogens (tertiary/aromatic N) is 8. The van der Waals surface area contributed by atoms with E-state index in [0.717, 1.165) is 88.1 Å². The predicted molar refractivity (Wildman–Crippen MR) is 366 cm³/mol. The van der Waals surface area contributed by atoms with Gasteiger partial charge in [-0.15, -0.1) is 0 Å². The van der Waals surface area contributed by atoms with E-state index in [9.17, 15) is 25.4 Å². The Morgan fingerprint density at radius 1 is 0.319 bits per heavy atom. The van der Waals surface area contributed by atoms with Gasteiger partial charge in [0.2, 0.25) is 0 Å². The third kappa shape index (κ3) is 10.9. The molecular weight excluding hydrogens is 1160 g/mol. The van der Waals surface area contributed by atoms with Crippen molar-refractivity contribution in [2.24, 2.45) is 0 Å². The third-order valence-corrected chi connectivity index (χ3v) is 17.0. The molecule has 12 nitrogen and oxygen atoms in total. The molecule has 0 aliphatic carbocycles. The Bertz CT molecular complexity index is 5340. The van der Waals surface area contributed by atoms with Gasteiger partial charge in [-0.3, -0.25) is 0 Å². The summed E-state index contributed by atoms with van der Waals surface area (Å²) in [6, 6.07) is 96.1. The summed E-state index contributed by atoms with van der Waals surface area (Å²) in [5.74, 6) is 0.152. The molecule has 0 bridgehead atoms. The van der Waals surface area contributed by atoms with Gasteiger partial charge in [0, 0.05) is 38.2 Å². The molecule has 3 heterocycles. The molecule has 3 aromatic heterocycles. The quantitative estimate of drug-likeness (QED) is 0.0954. The molecule has 442 valence electrons. The van der Waals surface area contributed by atoms with E-state index in [1.165, 1.54) is 0 Å². The molecule has 0 amide bonds. The summed E-state index contributed by atoms with van der Waals surface area (Å²) >= 11 is 0. The third-order valence-electron chi connectivity index (χ3n) is 17.0. The van der Waals surface area contributed by atoms with E-state index in [-0.39, 0.29) is 13.2 Å². The molecule has 0 unspecified atom stereocenters. The van der Waals surface area contributed by atoms with Gasteiger partial charge in [0.15, 0.2) is 17.5 Å². The molecule has 15 aromatic rings. The van der Waals surface area contributed by atoms with E-state index in [1.54, 1.807) is 36.4 Å². The van der Waals surface area contributed by atoms with E-state index in [4.69, 9.17) is 24.4 Å². The van der Waals surface area contributed by atoms with Gasteiger partial charge in [0.05, 0.1) is 79.5 Å². The Morgan fingerprint density at radius 2 is 0.702 bits per heavy atom. The minimum absolute atomic E-state index is 0.120. The topological polar surface area (TPSA) is 172 Å². The molecule has 0 fully saturated rings. The van der Waals surface area contributed by atoms with E-state index in [2.05, 4.69) is 51.6 Å². The van der Waals surface area contributed by atoms with Crippen LogP contribution >= 0.6 is 0 Å². The van der Waals surface area contributed by atoms with E-state index in [0.29, 0.717) is 73.4 Å². The Hall–Kier alpha value is -13.3. The number of aromatic nitrogens is 5. The number of rotatable bonds is 14. The molecule has 0 saturated heterocycles. The number of nitriles is 3. The fourth-order valence-corrected chi connectivity index (χ4v) is 12.3. The Morgan fingerprint density at radius 3 is 1.16 bits per heavy atom. The zero-order chi connectivity index (χ0) is 63.7. The van der Waals surface area contributed by atoms with Crippen LogP contribution < -0.4 is 0 Å². The minimum atomic E-state index is -0.453. The standard InChI is InChI=1S/C82H50N8O4/c83-47-52-25-27-57(28-26-52)58-29-31-59(32-30-58)78-86-79(68-37-33-62(60-19-11-17-55(41-60)48-84)45-76(68)89-72-23-9-7-21-66(72)70-43-64(35-39-74(70)89)81(91)93-50-53-13-3-1-4-14-53)88-80(87-78)69-38-34-63(61-20-12-18-56(42-61)49-85)46-77(69)90-73-24-10-8-22-67(73)71-44-65(36-40-75(71)90)82(92)94-51-54-15-5-2-6-16-54/h1-46H,50-51H2. The fraction of sp³-hybridized carbons (Fsp3) is 0.0244. The molecule has 12 heteroatoms. The van der Waals surface area contributed by atoms with Gasteiger partial charge < -0.3 is 18.6 Å². The number of benzene rings is 12. The van der Waals surface area contributed by atoms with Crippen molar-refractivity contribution in [3.05, 3.63) is 318 Å². The van der Waals surface area contributed by atoms with Crippen molar-refractivity contribution in [3.63, 3.8) is 0 Å². The highest BCUT2D eigenvalue weighted by molar-refractivity contribution is 6.13. The number of ether oxygens (including phenoxy) is 2. The van der Waals surface area contributed by atoms with E-state index >= 15 is 0 Å². The van der Waals surface area contributed by atoms with Gasteiger partial charge >= 0.3 is 11.9 Å². The minimum Gasteiger partial charge on any atom is -0.457 e. The van der Waals surface area contributed by atoms with Crippen LogP contribution in [0.4, 0.5) is 0 Å². The van der Waals surface area contributed by atoms with Crippen LogP contribution in [0.15, 0.2) is 279 Å². The van der Waals surface area contributed by atoms with Crippen molar-refractivity contribution in [3.8, 4) is 97.1 Å². The van der Waals surface area contributed by atoms with Crippen molar-refractivity contribution >= 4 is 55.6 Å². The van der Waals surface area contributed by atoms with Crippen LogP contribution in [-0.4, -0.2) is 36.0 Å². The van der Waals surface area contributed by atoms with E-state index < -0.39 is 11.9 Å². The smallest absolute Gasteiger partial charge is 0.338 e. The zero-order valence-corrected chi connectivity index (χ0v) is 50.2. The largest absolute Gasteiger partial charge is 0.457 e. The Labute approximate surface area is 540 Å². The van der Waals surface area contributed by atoms with E-state index in [1.807, 2.05) is 218 Å². The van der Waals surface area contributed by atoms with Crippen molar-refractivity contribution < 1.29 is 19.1 Å². The first-order valence-electron chi connectivity index (χ1n) is 30.4. The highest BCUT2D eigenvalue weighted by Gasteiger charge is 2.25. The van der Waals surface area contributed by atoms with Gasteiger partial charge in [0.25, 0.3) is 0 Å². The SMILES string of the molecule is N#Cc1ccc(-c2ccc(-c3nc(-c4ccc(-c5cccc(C#N)c5)cc4-n4c5ccccc5c5cc(C(=O)OCc6ccccc6)ccc54)nc(-c4ccc(-c5cccc(C#N)c5)cc4-n4c5ccccc5c5cc(C(=O)OCc6ccccc6)ccc54)n3)cc2)cc1. The number of carbonyl (C=O) groups excluding carboxylic acids is 2. The van der Waals surface area contributed by atoms with Crippen molar-refractivity contribution in [2.45, 2.75) is 13.2 Å². The van der Waals surface area contributed by atoms with Crippen LogP contribution in [0.3, 0.4) is 0 Å². The van der Waals surface area contributed by atoms with Gasteiger partial charge in [-0.2, -0.15) is 15.8 Å². The first-order chi connectivity index (χ1) is 46.2. The van der Waals surface area contributed by atoms with Crippen LogP contribution in [0.5, 0.6) is 0 Å². The molecule has 0 spiro atoms. The lowest BCUT2D eigenvalue weighted by atomic mass is 9.99. The zero-order valence-electron chi connectivity index (χ0n) is 50.2. The monoisotopic (exact) mass is 1210 g/mol. The summed E-state index contributed by atoms with van der Waals surface area (Å²) in [7, 11) is 0. The maximum atomic E-state index is 13.9.